The Morgan fingerprint density at radius 3 is 2.67 bits per heavy atom. The number of hydrogen-bond acceptors (Lipinski definition) is 6. The number of aromatic nitrogens is 3. The zero-order chi connectivity index (χ0) is 16.5. The zero-order valence-corrected chi connectivity index (χ0v) is 14.6. The summed E-state index contributed by atoms with van der Waals surface area (Å²) >= 11 is 1.43. The lowest BCUT2D eigenvalue weighted by molar-refractivity contribution is 0.0659. The van der Waals surface area contributed by atoms with E-state index in [9.17, 15) is 4.79 Å². The van der Waals surface area contributed by atoms with Crippen molar-refractivity contribution in [2.24, 2.45) is 0 Å². The molecule has 2 saturated heterocycles. The van der Waals surface area contributed by atoms with Crippen molar-refractivity contribution in [3.63, 3.8) is 0 Å². The molecule has 0 radical (unpaired) electrons. The Hall–Kier alpha value is -1.86. The highest BCUT2D eigenvalue weighted by Gasteiger charge is 2.39. The van der Waals surface area contributed by atoms with Crippen LogP contribution < -0.4 is 0 Å². The van der Waals surface area contributed by atoms with Crippen molar-refractivity contribution in [1.82, 2.24) is 24.8 Å². The Bertz CT molecular complexity index is 719. The highest BCUT2D eigenvalue weighted by molar-refractivity contribution is 7.13. The van der Waals surface area contributed by atoms with Crippen LogP contribution in [0, 0.1) is 0 Å². The third-order valence-corrected chi connectivity index (χ3v) is 5.90. The normalized spacial score (nSPS) is 24.6. The molecule has 4 rings (SSSR count). The number of likely N-dealkylation sites (tertiary alicyclic amines) is 2. The van der Waals surface area contributed by atoms with Gasteiger partial charge in [-0.1, -0.05) is 0 Å². The lowest BCUT2D eigenvalue weighted by atomic mass is 10.0. The van der Waals surface area contributed by atoms with Crippen molar-refractivity contribution in [1.29, 1.82) is 0 Å². The second-order valence-electron chi connectivity index (χ2n) is 6.51. The van der Waals surface area contributed by atoms with Crippen LogP contribution in [0.2, 0.25) is 0 Å². The molecule has 0 bridgehead atoms. The van der Waals surface area contributed by atoms with Gasteiger partial charge < -0.3 is 9.80 Å². The quantitative estimate of drug-likeness (QED) is 0.856. The number of hydrogen-bond donors (Lipinski definition) is 0. The monoisotopic (exact) mass is 343 g/mol. The molecule has 0 aromatic carbocycles. The Kier molecular flexibility index (Phi) is 4.28. The summed E-state index contributed by atoms with van der Waals surface area (Å²) in [7, 11) is 2.17. The average Bonchev–Trinajstić information content (AvgIpc) is 3.35. The summed E-state index contributed by atoms with van der Waals surface area (Å²) < 4.78 is 0. The van der Waals surface area contributed by atoms with E-state index >= 15 is 0 Å². The van der Waals surface area contributed by atoms with Gasteiger partial charge >= 0.3 is 0 Å². The van der Waals surface area contributed by atoms with Crippen molar-refractivity contribution in [3.8, 4) is 10.8 Å². The molecule has 0 aliphatic carbocycles. The molecule has 2 fully saturated rings. The van der Waals surface area contributed by atoms with E-state index in [1.54, 1.807) is 18.5 Å². The molecule has 2 aromatic heterocycles. The van der Waals surface area contributed by atoms with E-state index in [1.165, 1.54) is 24.2 Å². The molecule has 24 heavy (non-hydrogen) atoms. The number of rotatable bonds is 3. The summed E-state index contributed by atoms with van der Waals surface area (Å²) in [5, 5.41) is 2.54. The van der Waals surface area contributed by atoms with Crippen molar-refractivity contribution in [2.75, 3.05) is 20.1 Å². The summed E-state index contributed by atoms with van der Waals surface area (Å²) in [6, 6.07) is 2.59. The van der Waals surface area contributed by atoms with Crippen LogP contribution in [0.1, 0.15) is 36.2 Å². The Labute approximate surface area is 145 Å². The first-order valence-electron chi connectivity index (χ1n) is 8.48. The fraction of sp³-hybridized carbons (Fsp3) is 0.529. The number of amides is 1. The third-order valence-electron chi connectivity index (χ3n) is 5.06. The molecular formula is C17H21N5OS. The molecule has 126 valence electrons. The Morgan fingerprint density at radius 1 is 1.17 bits per heavy atom. The van der Waals surface area contributed by atoms with Crippen LogP contribution in [-0.2, 0) is 0 Å². The molecule has 6 nitrogen and oxygen atoms in total. The molecule has 2 atom stereocenters. The highest BCUT2D eigenvalue weighted by Crippen LogP contribution is 2.30. The number of carbonyl (C=O) groups excluding carboxylic acids is 1. The van der Waals surface area contributed by atoms with Crippen LogP contribution in [0.4, 0.5) is 0 Å². The van der Waals surface area contributed by atoms with Gasteiger partial charge in [0.1, 0.15) is 5.69 Å². The molecule has 7 heteroatoms. The predicted molar refractivity (Wildman–Crippen MR) is 92.9 cm³/mol. The van der Waals surface area contributed by atoms with Gasteiger partial charge in [-0.2, -0.15) is 0 Å². The number of nitrogens with zero attached hydrogens (tertiary/aromatic N) is 5. The second-order valence-corrected chi connectivity index (χ2v) is 7.37. The van der Waals surface area contributed by atoms with Gasteiger partial charge in [0.2, 0.25) is 0 Å². The minimum absolute atomic E-state index is 0.0521. The van der Waals surface area contributed by atoms with E-state index in [0.29, 0.717) is 28.6 Å². The largest absolute Gasteiger partial charge is 0.333 e. The Balaban J connectivity index is 1.54. The number of carbonyl (C=O) groups is 1. The van der Waals surface area contributed by atoms with Gasteiger partial charge in [-0.25, -0.2) is 15.0 Å². The van der Waals surface area contributed by atoms with Gasteiger partial charge in [0.15, 0.2) is 10.8 Å². The van der Waals surface area contributed by atoms with E-state index in [2.05, 4.69) is 26.9 Å². The van der Waals surface area contributed by atoms with Gasteiger partial charge in [0, 0.05) is 36.4 Å². The van der Waals surface area contributed by atoms with E-state index < -0.39 is 0 Å². The maximum atomic E-state index is 13.0. The maximum absolute atomic E-state index is 13.0. The number of likely N-dealkylation sites (N-methyl/N-ethyl adjacent to an activating group) is 1. The van der Waals surface area contributed by atoms with Gasteiger partial charge in [-0.05, 0) is 45.3 Å². The molecule has 0 saturated carbocycles. The molecule has 0 N–H and O–H groups in total. The average molecular weight is 343 g/mol. The van der Waals surface area contributed by atoms with Crippen molar-refractivity contribution < 1.29 is 4.79 Å². The molecule has 2 aliphatic heterocycles. The smallest absolute Gasteiger partial charge is 0.273 e. The van der Waals surface area contributed by atoms with Gasteiger partial charge in [0.05, 0.1) is 0 Å². The molecule has 0 unspecified atom stereocenters. The fourth-order valence-corrected chi connectivity index (χ4v) is 4.64. The Morgan fingerprint density at radius 2 is 1.92 bits per heavy atom. The van der Waals surface area contributed by atoms with E-state index in [1.807, 2.05) is 10.3 Å². The van der Waals surface area contributed by atoms with Crippen LogP contribution >= 0.6 is 11.3 Å². The summed E-state index contributed by atoms with van der Waals surface area (Å²) in [6.07, 6.45) is 7.98. The molecule has 1 amide bonds. The first kappa shape index (κ1) is 15.7. The predicted octanol–water partition coefficient (Wildman–Crippen LogP) is 2.30. The van der Waals surface area contributed by atoms with Gasteiger partial charge in [0.25, 0.3) is 5.91 Å². The van der Waals surface area contributed by atoms with Gasteiger partial charge in [-0.15, -0.1) is 11.3 Å². The topological polar surface area (TPSA) is 62.2 Å². The van der Waals surface area contributed by atoms with E-state index in [4.69, 9.17) is 0 Å². The van der Waals surface area contributed by atoms with Gasteiger partial charge in [-0.3, -0.25) is 4.79 Å². The second kappa shape index (κ2) is 6.57. The van der Waals surface area contributed by atoms with E-state index in [0.717, 1.165) is 25.9 Å². The summed E-state index contributed by atoms with van der Waals surface area (Å²) in [5.74, 6) is 0.631. The first-order chi connectivity index (χ1) is 11.7. The summed E-state index contributed by atoms with van der Waals surface area (Å²) in [6.45, 7) is 1.97. The third kappa shape index (κ3) is 2.82. The highest BCUT2D eigenvalue weighted by atomic mass is 32.1. The minimum Gasteiger partial charge on any atom is -0.333 e. The van der Waals surface area contributed by atoms with Crippen LogP contribution in [0.15, 0.2) is 23.8 Å². The van der Waals surface area contributed by atoms with E-state index in [-0.39, 0.29) is 5.91 Å². The molecule has 2 aliphatic rings. The molecular weight excluding hydrogens is 322 g/mol. The minimum atomic E-state index is 0.0521. The van der Waals surface area contributed by atoms with Crippen LogP contribution in [0.5, 0.6) is 0 Å². The summed E-state index contributed by atoms with van der Waals surface area (Å²) in [5.41, 5.74) is 0.523. The molecule has 4 heterocycles. The maximum Gasteiger partial charge on any atom is 0.273 e. The molecule has 2 aromatic rings. The summed E-state index contributed by atoms with van der Waals surface area (Å²) in [4.78, 5) is 30.3. The fourth-order valence-electron chi connectivity index (χ4n) is 3.90. The number of thiazole rings is 1. The zero-order valence-electron chi connectivity index (χ0n) is 13.8. The van der Waals surface area contributed by atoms with Crippen molar-refractivity contribution >= 4 is 17.2 Å². The van der Waals surface area contributed by atoms with Crippen molar-refractivity contribution in [3.05, 3.63) is 29.5 Å². The van der Waals surface area contributed by atoms with Crippen LogP contribution in [0.3, 0.4) is 0 Å². The van der Waals surface area contributed by atoms with Crippen molar-refractivity contribution in [2.45, 2.75) is 37.8 Å². The lowest BCUT2D eigenvalue weighted by Crippen LogP contribution is -2.47. The molecule has 0 spiro atoms. The lowest BCUT2D eigenvalue weighted by Gasteiger charge is -2.32. The standard InChI is InChI=1S/C17H21N5OS/c1-21-9-2-5-13(21)14-6-3-10-22(14)17(23)12-11-24-16(20-12)15-18-7-4-8-19-15/h4,7-8,11,13-14H,2-3,5-6,9-10H2,1H3/t13-,14+/m1/s1. The van der Waals surface area contributed by atoms with Crippen LogP contribution in [-0.4, -0.2) is 62.9 Å². The first-order valence-corrected chi connectivity index (χ1v) is 9.36. The van der Waals surface area contributed by atoms with Crippen LogP contribution in [0.25, 0.3) is 10.8 Å². The SMILES string of the molecule is CN1CCC[C@@H]1[C@@H]1CCCN1C(=O)c1csc(-c2ncccn2)n1.